The highest BCUT2D eigenvalue weighted by Crippen LogP contribution is 2.20. The van der Waals surface area contributed by atoms with Gasteiger partial charge in [0.2, 0.25) is 0 Å². The molecular formula is C13H19ClN2O2. The highest BCUT2D eigenvalue weighted by molar-refractivity contribution is 6.31. The van der Waals surface area contributed by atoms with E-state index in [2.05, 4.69) is 10.6 Å². The lowest BCUT2D eigenvalue weighted by molar-refractivity contribution is 0.0949. The molecule has 0 aliphatic rings. The van der Waals surface area contributed by atoms with Crippen LogP contribution in [0, 0.1) is 0 Å². The number of amides is 1. The van der Waals surface area contributed by atoms with Crippen LogP contribution in [-0.4, -0.2) is 32.7 Å². The molecule has 5 heteroatoms. The third kappa shape index (κ3) is 4.55. The molecule has 0 saturated heterocycles. The Morgan fingerprint density at radius 1 is 1.44 bits per heavy atom. The van der Waals surface area contributed by atoms with E-state index in [0.717, 1.165) is 18.7 Å². The lowest BCUT2D eigenvalue weighted by atomic mass is 10.1. The topological polar surface area (TPSA) is 50.4 Å². The van der Waals surface area contributed by atoms with E-state index >= 15 is 0 Å². The smallest absolute Gasteiger partial charge is 0.253 e. The monoisotopic (exact) mass is 270 g/mol. The summed E-state index contributed by atoms with van der Waals surface area (Å²) in [6, 6.07) is 5.25. The van der Waals surface area contributed by atoms with Gasteiger partial charge in [0.05, 0.1) is 5.56 Å². The molecule has 0 radical (unpaired) electrons. The molecule has 1 aromatic carbocycles. The van der Waals surface area contributed by atoms with Gasteiger partial charge >= 0.3 is 0 Å². The quantitative estimate of drug-likeness (QED) is 0.749. The fraction of sp³-hybridized carbons (Fsp3) is 0.462. The van der Waals surface area contributed by atoms with Crippen LogP contribution in [0.4, 0.5) is 5.69 Å². The molecule has 0 spiro atoms. The van der Waals surface area contributed by atoms with Crippen LogP contribution in [-0.2, 0) is 4.74 Å². The second-order valence-corrected chi connectivity index (χ2v) is 4.26. The summed E-state index contributed by atoms with van der Waals surface area (Å²) in [6.45, 7) is 3.96. The Labute approximate surface area is 113 Å². The van der Waals surface area contributed by atoms with E-state index in [0.29, 0.717) is 23.7 Å². The third-order valence-electron chi connectivity index (χ3n) is 2.40. The first-order valence-corrected chi connectivity index (χ1v) is 6.37. The number of anilines is 1. The minimum absolute atomic E-state index is 0.121. The number of methoxy groups -OCH3 is 1. The van der Waals surface area contributed by atoms with Gasteiger partial charge in [-0.3, -0.25) is 4.79 Å². The Bertz CT molecular complexity index is 397. The number of carbonyl (C=O) groups excluding carboxylic acids is 1. The predicted molar refractivity (Wildman–Crippen MR) is 74.4 cm³/mol. The number of halogens is 1. The first kappa shape index (κ1) is 14.8. The number of hydrogen-bond acceptors (Lipinski definition) is 3. The molecule has 100 valence electrons. The molecule has 0 saturated carbocycles. The zero-order valence-corrected chi connectivity index (χ0v) is 11.5. The Morgan fingerprint density at radius 2 is 2.22 bits per heavy atom. The minimum atomic E-state index is -0.121. The molecule has 2 N–H and O–H groups in total. The Morgan fingerprint density at radius 3 is 2.89 bits per heavy atom. The van der Waals surface area contributed by atoms with Gasteiger partial charge in [-0.15, -0.1) is 0 Å². The number of nitrogens with one attached hydrogen (secondary N) is 2. The minimum Gasteiger partial charge on any atom is -0.385 e. The summed E-state index contributed by atoms with van der Waals surface area (Å²) in [4.78, 5) is 12.0. The van der Waals surface area contributed by atoms with Gasteiger partial charge in [0, 0.05) is 37.5 Å². The summed E-state index contributed by atoms with van der Waals surface area (Å²) in [5.74, 6) is -0.121. The lowest BCUT2D eigenvalue weighted by Crippen LogP contribution is -2.26. The molecule has 0 heterocycles. The summed E-state index contributed by atoms with van der Waals surface area (Å²) in [5, 5.41) is 6.54. The number of rotatable bonds is 7. The molecule has 0 atom stereocenters. The van der Waals surface area contributed by atoms with Crippen LogP contribution >= 0.6 is 11.6 Å². The lowest BCUT2D eigenvalue weighted by Gasteiger charge is -2.11. The van der Waals surface area contributed by atoms with Crippen LogP contribution in [0.5, 0.6) is 0 Å². The Balaban J connectivity index is 2.67. The first-order valence-electron chi connectivity index (χ1n) is 5.99. The van der Waals surface area contributed by atoms with E-state index in [-0.39, 0.29) is 5.91 Å². The molecule has 0 unspecified atom stereocenters. The van der Waals surface area contributed by atoms with Crippen LogP contribution in [0.1, 0.15) is 23.7 Å². The SMILES string of the molecule is CCNc1ccc(Cl)cc1C(=O)NCCCOC. The molecule has 1 rings (SSSR count). The van der Waals surface area contributed by atoms with Crippen molar-refractivity contribution < 1.29 is 9.53 Å². The molecule has 0 aromatic heterocycles. The maximum Gasteiger partial charge on any atom is 0.253 e. The standard InChI is InChI=1S/C13H19ClN2O2/c1-3-15-12-6-5-10(14)9-11(12)13(17)16-7-4-8-18-2/h5-6,9,15H,3-4,7-8H2,1-2H3,(H,16,17). The second kappa shape index (κ2) is 7.95. The Kier molecular flexibility index (Phi) is 6.54. The maximum atomic E-state index is 12.0. The molecule has 0 fully saturated rings. The molecule has 0 aliphatic heterocycles. The molecular weight excluding hydrogens is 252 g/mol. The van der Waals surface area contributed by atoms with E-state index in [1.807, 2.05) is 13.0 Å². The summed E-state index contributed by atoms with van der Waals surface area (Å²) >= 11 is 5.92. The van der Waals surface area contributed by atoms with Crippen molar-refractivity contribution in [3.8, 4) is 0 Å². The zero-order chi connectivity index (χ0) is 13.4. The van der Waals surface area contributed by atoms with Gasteiger partial charge < -0.3 is 15.4 Å². The van der Waals surface area contributed by atoms with E-state index in [1.165, 1.54) is 0 Å². The van der Waals surface area contributed by atoms with Gasteiger partial charge in [-0.2, -0.15) is 0 Å². The summed E-state index contributed by atoms with van der Waals surface area (Å²) in [6.07, 6.45) is 0.791. The van der Waals surface area contributed by atoms with Crippen molar-refractivity contribution in [1.82, 2.24) is 5.32 Å². The number of hydrogen-bond donors (Lipinski definition) is 2. The zero-order valence-electron chi connectivity index (χ0n) is 10.8. The summed E-state index contributed by atoms with van der Waals surface area (Å²) < 4.78 is 4.93. The van der Waals surface area contributed by atoms with Crippen LogP contribution in [0.15, 0.2) is 18.2 Å². The summed E-state index contributed by atoms with van der Waals surface area (Å²) in [5.41, 5.74) is 1.37. The van der Waals surface area contributed by atoms with Crippen molar-refractivity contribution in [3.63, 3.8) is 0 Å². The molecule has 0 aliphatic carbocycles. The van der Waals surface area contributed by atoms with Crippen molar-refractivity contribution in [2.75, 3.05) is 32.1 Å². The predicted octanol–water partition coefficient (Wildman–Crippen LogP) is 2.54. The van der Waals surface area contributed by atoms with Crippen LogP contribution in [0.3, 0.4) is 0 Å². The van der Waals surface area contributed by atoms with Gasteiger partial charge in [-0.25, -0.2) is 0 Å². The van der Waals surface area contributed by atoms with Crippen molar-refractivity contribution in [3.05, 3.63) is 28.8 Å². The second-order valence-electron chi connectivity index (χ2n) is 3.82. The van der Waals surface area contributed by atoms with E-state index < -0.39 is 0 Å². The van der Waals surface area contributed by atoms with E-state index in [9.17, 15) is 4.79 Å². The van der Waals surface area contributed by atoms with E-state index in [1.54, 1.807) is 19.2 Å². The van der Waals surface area contributed by atoms with Crippen LogP contribution in [0.2, 0.25) is 5.02 Å². The highest BCUT2D eigenvalue weighted by atomic mass is 35.5. The molecule has 4 nitrogen and oxygen atoms in total. The van der Waals surface area contributed by atoms with Gasteiger partial charge in [-0.05, 0) is 31.5 Å². The Hall–Kier alpha value is -1.26. The van der Waals surface area contributed by atoms with Gasteiger partial charge in [0.25, 0.3) is 5.91 Å². The number of ether oxygens (including phenoxy) is 1. The first-order chi connectivity index (χ1) is 8.69. The van der Waals surface area contributed by atoms with Crippen LogP contribution in [0.25, 0.3) is 0 Å². The van der Waals surface area contributed by atoms with Crippen molar-refractivity contribution >= 4 is 23.2 Å². The highest BCUT2D eigenvalue weighted by Gasteiger charge is 2.11. The van der Waals surface area contributed by atoms with Gasteiger partial charge in [-0.1, -0.05) is 11.6 Å². The van der Waals surface area contributed by atoms with Crippen molar-refractivity contribution in [1.29, 1.82) is 0 Å². The van der Waals surface area contributed by atoms with Gasteiger partial charge in [0.1, 0.15) is 0 Å². The molecule has 1 aromatic rings. The van der Waals surface area contributed by atoms with Crippen molar-refractivity contribution in [2.45, 2.75) is 13.3 Å². The molecule has 0 bridgehead atoms. The average molecular weight is 271 g/mol. The average Bonchev–Trinajstić information content (AvgIpc) is 2.37. The van der Waals surface area contributed by atoms with Crippen molar-refractivity contribution in [2.24, 2.45) is 0 Å². The number of benzene rings is 1. The number of carbonyl (C=O) groups is 1. The normalized spacial score (nSPS) is 10.2. The molecule has 1 amide bonds. The third-order valence-corrected chi connectivity index (χ3v) is 2.64. The fourth-order valence-electron chi connectivity index (χ4n) is 1.56. The fourth-order valence-corrected chi connectivity index (χ4v) is 1.73. The maximum absolute atomic E-state index is 12.0. The van der Waals surface area contributed by atoms with Crippen LogP contribution < -0.4 is 10.6 Å². The largest absolute Gasteiger partial charge is 0.385 e. The molecule has 18 heavy (non-hydrogen) atoms. The summed E-state index contributed by atoms with van der Waals surface area (Å²) in [7, 11) is 1.64. The van der Waals surface area contributed by atoms with Gasteiger partial charge in [0.15, 0.2) is 0 Å². The van der Waals surface area contributed by atoms with E-state index in [4.69, 9.17) is 16.3 Å².